The van der Waals surface area contributed by atoms with Crippen LogP contribution < -0.4 is 4.90 Å². The van der Waals surface area contributed by atoms with Crippen molar-refractivity contribution in [2.45, 2.75) is 20.8 Å². The first-order chi connectivity index (χ1) is 16.4. The molecular formula is C26H26N4O3S. The molecule has 174 valence electrons. The average molecular weight is 475 g/mol. The lowest BCUT2D eigenvalue weighted by Crippen LogP contribution is -2.49. The summed E-state index contributed by atoms with van der Waals surface area (Å²) in [7, 11) is 0. The number of ether oxygens (including phenoxy) is 1. The molecule has 2 aromatic carbocycles. The van der Waals surface area contributed by atoms with Crippen LogP contribution in [0.4, 0.5) is 5.82 Å². The average Bonchev–Trinajstić information content (AvgIpc) is 3.28. The Labute approximate surface area is 202 Å². The molecule has 0 aliphatic carbocycles. The highest BCUT2D eigenvalue weighted by atomic mass is 32.1. The Balaban J connectivity index is 1.40. The first-order valence-corrected chi connectivity index (χ1v) is 12.2. The lowest BCUT2D eigenvalue weighted by atomic mass is 10.1. The number of esters is 1. The molecule has 1 saturated heterocycles. The van der Waals surface area contributed by atoms with Crippen LogP contribution in [0.1, 0.15) is 38.2 Å². The van der Waals surface area contributed by atoms with E-state index in [0.717, 1.165) is 31.6 Å². The Morgan fingerprint density at radius 1 is 0.971 bits per heavy atom. The predicted octanol–water partition coefficient (Wildman–Crippen LogP) is 4.60. The largest absolute Gasteiger partial charge is 0.461 e. The Kier molecular flexibility index (Phi) is 5.91. The molecule has 0 N–H and O–H groups in total. The molecule has 3 heterocycles. The summed E-state index contributed by atoms with van der Waals surface area (Å²) in [6.07, 6.45) is 0. The van der Waals surface area contributed by atoms with Crippen LogP contribution in [-0.2, 0) is 4.74 Å². The second-order valence-corrected chi connectivity index (χ2v) is 9.55. The number of benzene rings is 2. The fourth-order valence-electron chi connectivity index (χ4n) is 4.22. The molecule has 8 heteroatoms. The molecule has 1 aliphatic heterocycles. The van der Waals surface area contributed by atoms with Crippen LogP contribution in [0.15, 0.2) is 42.5 Å². The molecule has 0 atom stereocenters. The number of carbonyl (C=O) groups excluding carboxylic acids is 2. The van der Waals surface area contributed by atoms with Gasteiger partial charge in [0, 0.05) is 30.9 Å². The summed E-state index contributed by atoms with van der Waals surface area (Å²) in [5, 5.41) is 1.09. The number of aryl methyl sites for hydroxylation is 2. The summed E-state index contributed by atoms with van der Waals surface area (Å²) >= 11 is 1.52. The van der Waals surface area contributed by atoms with E-state index in [9.17, 15) is 9.59 Å². The van der Waals surface area contributed by atoms with E-state index in [4.69, 9.17) is 9.72 Å². The van der Waals surface area contributed by atoms with Gasteiger partial charge < -0.3 is 14.5 Å². The molecule has 5 rings (SSSR count). The standard InChI is InChI=1S/C26H26N4O3S/c1-4-33-26(32)23-24(28-20-14-17(3)16(2)13-19(20)27-23)29-9-11-30(12-10-29)25(31)22-15-18-7-5-6-8-21(18)34-22/h5-8,13-15H,4,9-12H2,1-3H3. The smallest absolute Gasteiger partial charge is 0.360 e. The molecule has 0 saturated carbocycles. The highest BCUT2D eigenvalue weighted by Gasteiger charge is 2.28. The maximum Gasteiger partial charge on any atom is 0.360 e. The maximum absolute atomic E-state index is 13.1. The molecule has 34 heavy (non-hydrogen) atoms. The van der Waals surface area contributed by atoms with Crippen LogP contribution in [-0.4, -0.2) is 59.5 Å². The van der Waals surface area contributed by atoms with E-state index in [1.807, 2.05) is 66.1 Å². The van der Waals surface area contributed by atoms with Crippen LogP contribution in [0, 0.1) is 13.8 Å². The molecular weight excluding hydrogens is 448 g/mol. The van der Waals surface area contributed by atoms with Gasteiger partial charge in [0.25, 0.3) is 5.91 Å². The van der Waals surface area contributed by atoms with Gasteiger partial charge in [0.2, 0.25) is 0 Å². The molecule has 0 radical (unpaired) electrons. The third kappa shape index (κ3) is 4.09. The molecule has 1 fully saturated rings. The molecule has 0 unspecified atom stereocenters. The van der Waals surface area contributed by atoms with Gasteiger partial charge in [-0.3, -0.25) is 4.79 Å². The fourth-order valence-corrected chi connectivity index (χ4v) is 5.25. The number of fused-ring (bicyclic) bond motifs is 2. The molecule has 0 spiro atoms. The quantitative estimate of drug-likeness (QED) is 0.403. The van der Waals surface area contributed by atoms with Gasteiger partial charge in [-0.25, -0.2) is 14.8 Å². The van der Waals surface area contributed by atoms with Crippen LogP contribution in [0.2, 0.25) is 0 Å². The SMILES string of the molecule is CCOC(=O)c1nc2cc(C)c(C)cc2nc1N1CCN(C(=O)c2cc3ccccc3s2)CC1. The van der Waals surface area contributed by atoms with Gasteiger partial charge in [-0.05, 0) is 61.5 Å². The van der Waals surface area contributed by atoms with Crippen molar-refractivity contribution in [3.05, 3.63) is 64.2 Å². The van der Waals surface area contributed by atoms with Crippen molar-refractivity contribution in [1.82, 2.24) is 14.9 Å². The second kappa shape index (κ2) is 9.02. The Hall–Kier alpha value is -3.52. The summed E-state index contributed by atoms with van der Waals surface area (Å²) in [5.74, 6) is 0.0826. The monoisotopic (exact) mass is 474 g/mol. The van der Waals surface area contributed by atoms with Gasteiger partial charge in [0.1, 0.15) is 0 Å². The second-order valence-electron chi connectivity index (χ2n) is 8.47. The number of nitrogens with zero attached hydrogens (tertiary/aromatic N) is 4. The Morgan fingerprint density at radius 3 is 2.32 bits per heavy atom. The zero-order valence-electron chi connectivity index (χ0n) is 19.5. The van der Waals surface area contributed by atoms with Crippen molar-refractivity contribution in [2.75, 3.05) is 37.7 Å². The topological polar surface area (TPSA) is 75.6 Å². The Bertz CT molecular complexity index is 1370. The summed E-state index contributed by atoms with van der Waals surface area (Å²) in [5.41, 5.74) is 3.86. The fraction of sp³-hybridized carbons (Fsp3) is 0.308. The first-order valence-electron chi connectivity index (χ1n) is 11.4. The third-order valence-corrected chi connectivity index (χ3v) is 7.34. The number of piperazine rings is 1. The van der Waals surface area contributed by atoms with Crippen LogP contribution in [0.3, 0.4) is 0 Å². The lowest BCUT2D eigenvalue weighted by Gasteiger charge is -2.35. The van der Waals surface area contributed by atoms with E-state index in [0.29, 0.717) is 37.5 Å². The van der Waals surface area contributed by atoms with E-state index < -0.39 is 5.97 Å². The normalized spacial score (nSPS) is 14.1. The number of aromatic nitrogens is 2. The number of hydrogen-bond donors (Lipinski definition) is 0. The van der Waals surface area contributed by atoms with Gasteiger partial charge >= 0.3 is 5.97 Å². The predicted molar refractivity (Wildman–Crippen MR) is 135 cm³/mol. The minimum absolute atomic E-state index is 0.0437. The van der Waals surface area contributed by atoms with Crippen molar-refractivity contribution in [1.29, 1.82) is 0 Å². The van der Waals surface area contributed by atoms with E-state index in [1.54, 1.807) is 6.92 Å². The number of amides is 1. The van der Waals surface area contributed by atoms with Crippen LogP contribution >= 0.6 is 11.3 Å². The molecule has 2 aromatic heterocycles. The van der Waals surface area contributed by atoms with Gasteiger partial charge in [-0.15, -0.1) is 11.3 Å². The summed E-state index contributed by atoms with van der Waals surface area (Å²) < 4.78 is 6.39. The molecule has 4 aromatic rings. The zero-order chi connectivity index (χ0) is 23.8. The van der Waals surface area contributed by atoms with E-state index in [2.05, 4.69) is 4.98 Å². The summed E-state index contributed by atoms with van der Waals surface area (Å²) in [6.45, 7) is 8.31. The highest BCUT2D eigenvalue weighted by molar-refractivity contribution is 7.20. The lowest BCUT2D eigenvalue weighted by molar-refractivity contribution is 0.0519. The first kappa shape index (κ1) is 22.3. The summed E-state index contributed by atoms with van der Waals surface area (Å²) in [6, 6.07) is 13.9. The van der Waals surface area contributed by atoms with Gasteiger partial charge in [-0.1, -0.05) is 18.2 Å². The van der Waals surface area contributed by atoms with Crippen molar-refractivity contribution in [2.24, 2.45) is 0 Å². The molecule has 0 bridgehead atoms. The molecule has 1 aliphatic rings. The van der Waals surface area contributed by atoms with Crippen molar-refractivity contribution < 1.29 is 14.3 Å². The van der Waals surface area contributed by atoms with Crippen LogP contribution in [0.25, 0.3) is 21.1 Å². The maximum atomic E-state index is 13.1. The van der Waals surface area contributed by atoms with Crippen LogP contribution in [0.5, 0.6) is 0 Å². The van der Waals surface area contributed by atoms with Crippen molar-refractivity contribution >= 4 is 50.2 Å². The Morgan fingerprint density at radius 2 is 1.65 bits per heavy atom. The number of anilines is 1. The van der Waals surface area contributed by atoms with Crippen molar-refractivity contribution in [3.8, 4) is 0 Å². The minimum atomic E-state index is -0.478. The number of hydrogen-bond acceptors (Lipinski definition) is 7. The third-order valence-electron chi connectivity index (χ3n) is 6.23. The number of rotatable bonds is 4. The van der Waals surface area contributed by atoms with Crippen molar-refractivity contribution in [3.63, 3.8) is 0 Å². The van der Waals surface area contributed by atoms with Gasteiger partial charge in [-0.2, -0.15) is 0 Å². The molecule has 1 amide bonds. The number of carbonyl (C=O) groups is 2. The van der Waals surface area contributed by atoms with E-state index >= 15 is 0 Å². The minimum Gasteiger partial charge on any atom is -0.461 e. The highest BCUT2D eigenvalue weighted by Crippen LogP contribution is 2.28. The number of thiophene rings is 1. The summed E-state index contributed by atoms with van der Waals surface area (Å²) in [4.78, 5) is 40.0. The van der Waals surface area contributed by atoms with E-state index in [1.165, 1.54) is 11.3 Å². The zero-order valence-corrected chi connectivity index (χ0v) is 20.3. The molecule has 7 nitrogen and oxygen atoms in total. The van der Waals surface area contributed by atoms with Gasteiger partial charge in [0.15, 0.2) is 11.5 Å². The van der Waals surface area contributed by atoms with E-state index in [-0.39, 0.29) is 18.2 Å². The van der Waals surface area contributed by atoms with Gasteiger partial charge in [0.05, 0.1) is 22.5 Å².